The molecular weight excluding hydrogens is 272 g/mol. The fraction of sp³-hybridized carbons (Fsp3) is 0.636. The predicted molar refractivity (Wildman–Crippen MR) is 71.2 cm³/mol. The van der Waals surface area contributed by atoms with E-state index in [-0.39, 0.29) is 0 Å². The number of ether oxygens (including phenoxy) is 1. The molecule has 1 aromatic rings. The number of sulfonamides is 1. The van der Waals surface area contributed by atoms with Crippen molar-refractivity contribution in [2.24, 2.45) is 0 Å². The summed E-state index contributed by atoms with van der Waals surface area (Å²) in [5, 5.41) is 5.04. The number of nitrogens with one attached hydrogen (secondary N) is 2. The highest BCUT2D eigenvalue weighted by Gasteiger charge is 2.21. The molecule has 0 saturated heterocycles. The number of methoxy groups -OCH3 is 1. The van der Waals surface area contributed by atoms with Crippen molar-refractivity contribution in [2.45, 2.75) is 30.3 Å². The molecule has 0 aromatic carbocycles. The normalized spacial score (nSPS) is 16.1. The molecule has 1 aromatic heterocycles. The van der Waals surface area contributed by atoms with Crippen LogP contribution in [0, 0.1) is 0 Å². The van der Waals surface area contributed by atoms with Crippen LogP contribution in [0.3, 0.4) is 0 Å². The maximum Gasteiger partial charge on any atom is 0.241 e. The van der Waals surface area contributed by atoms with Gasteiger partial charge in [-0.05, 0) is 18.9 Å². The van der Waals surface area contributed by atoms with Crippen molar-refractivity contribution in [3.63, 3.8) is 0 Å². The zero-order valence-corrected chi connectivity index (χ0v) is 11.9. The van der Waals surface area contributed by atoms with Gasteiger partial charge in [0.1, 0.15) is 0 Å². The van der Waals surface area contributed by atoms with Crippen molar-refractivity contribution < 1.29 is 13.2 Å². The third kappa shape index (κ3) is 4.03. The molecule has 0 atom stereocenters. The molecule has 0 unspecified atom stereocenters. The SMILES string of the molecule is COCCNS(=O)(=O)c1csc(CNC2CC2)c1. The molecule has 1 fully saturated rings. The van der Waals surface area contributed by atoms with Crippen LogP contribution >= 0.6 is 11.3 Å². The van der Waals surface area contributed by atoms with E-state index in [9.17, 15) is 8.42 Å². The molecule has 0 amide bonds. The largest absolute Gasteiger partial charge is 0.383 e. The Kier molecular flexibility index (Phi) is 4.74. The first-order chi connectivity index (χ1) is 8.62. The first kappa shape index (κ1) is 14.0. The van der Waals surface area contributed by atoms with Gasteiger partial charge in [0, 0.05) is 36.5 Å². The van der Waals surface area contributed by atoms with Gasteiger partial charge < -0.3 is 10.1 Å². The minimum Gasteiger partial charge on any atom is -0.383 e. The summed E-state index contributed by atoms with van der Waals surface area (Å²) in [6.45, 7) is 1.42. The quantitative estimate of drug-likeness (QED) is 0.699. The number of hydrogen-bond donors (Lipinski definition) is 2. The van der Waals surface area contributed by atoms with Crippen molar-refractivity contribution in [1.29, 1.82) is 0 Å². The standard InChI is InChI=1S/C11H18N2O3S2/c1-16-5-4-13-18(14,15)11-6-10(17-8-11)7-12-9-2-3-9/h6,8-9,12-13H,2-5,7H2,1H3. The van der Waals surface area contributed by atoms with Gasteiger partial charge in [-0.1, -0.05) is 0 Å². The van der Waals surface area contributed by atoms with E-state index >= 15 is 0 Å². The van der Waals surface area contributed by atoms with Crippen LogP contribution in [0.2, 0.25) is 0 Å². The van der Waals surface area contributed by atoms with Crippen molar-refractivity contribution in [3.05, 3.63) is 16.3 Å². The minimum atomic E-state index is -3.38. The smallest absolute Gasteiger partial charge is 0.241 e. The first-order valence-corrected chi connectivity index (χ1v) is 8.27. The molecule has 0 radical (unpaired) electrons. The summed E-state index contributed by atoms with van der Waals surface area (Å²) in [5.74, 6) is 0. The van der Waals surface area contributed by atoms with Crippen molar-refractivity contribution in [1.82, 2.24) is 10.0 Å². The Labute approximate surface area is 112 Å². The minimum absolute atomic E-state index is 0.296. The molecule has 0 spiro atoms. The number of thiophene rings is 1. The molecule has 0 bridgehead atoms. The van der Waals surface area contributed by atoms with Crippen LogP contribution in [0.4, 0.5) is 0 Å². The van der Waals surface area contributed by atoms with Gasteiger partial charge in [-0.15, -0.1) is 11.3 Å². The van der Waals surface area contributed by atoms with Gasteiger partial charge in [0.2, 0.25) is 10.0 Å². The highest BCUT2D eigenvalue weighted by molar-refractivity contribution is 7.89. The summed E-state index contributed by atoms with van der Waals surface area (Å²) < 4.78 is 31.1. The molecule has 0 aliphatic heterocycles. The third-order valence-corrected chi connectivity index (χ3v) is 5.21. The Hall–Kier alpha value is -0.470. The van der Waals surface area contributed by atoms with E-state index in [2.05, 4.69) is 10.0 Å². The van der Waals surface area contributed by atoms with Crippen molar-refractivity contribution >= 4 is 21.4 Å². The summed E-state index contributed by atoms with van der Waals surface area (Å²) in [7, 11) is -1.84. The van der Waals surface area contributed by atoms with Crippen LogP contribution < -0.4 is 10.0 Å². The second-order valence-electron chi connectivity index (χ2n) is 4.29. The average molecular weight is 290 g/mol. The van der Waals surface area contributed by atoms with Gasteiger partial charge >= 0.3 is 0 Å². The van der Waals surface area contributed by atoms with Crippen LogP contribution in [0.15, 0.2) is 16.3 Å². The van der Waals surface area contributed by atoms with E-state index in [0.717, 1.165) is 11.4 Å². The fourth-order valence-electron chi connectivity index (χ4n) is 1.49. The molecule has 2 rings (SSSR count). The summed E-state index contributed by atoms with van der Waals surface area (Å²) in [4.78, 5) is 1.39. The number of hydrogen-bond acceptors (Lipinski definition) is 5. The summed E-state index contributed by atoms with van der Waals surface area (Å²) >= 11 is 1.47. The van der Waals surface area contributed by atoms with Gasteiger partial charge in [0.15, 0.2) is 0 Å². The second kappa shape index (κ2) is 6.12. The Morgan fingerprint density at radius 3 is 2.94 bits per heavy atom. The highest BCUT2D eigenvalue weighted by atomic mass is 32.2. The maximum absolute atomic E-state index is 11.9. The van der Waals surface area contributed by atoms with E-state index in [1.54, 1.807) is 18.6 Å². The highest BCUT2D eigenvalue weighted by Crippen LogP contribution is 2.22. The van der Waals surface area contributed by atoms with Crippen LogP contribution in [0.1, 0.15) is 17.7 Å². The summed E-state index contributed by atoms with van der Waals surface area (Å²) in [6, 6.07) is 2.36. The van der Waals surface area contributed by atoms with E-state index in [4.69, 9.17) is 4.74 Å². The van der Waals surface area contributed by atoms with Gasteiger partial charge in [-0.2, -0.15) is 0 Å². The van der Waals surface area contributed by atoms with E-state index < -0.39 is 10.0 Å². The van der Waals surface area contributed by atoms with Gasteiger partial charge in [-0.25, -0.2) is 13.1 Å². The lowest BCUT2D eigenvalue weighted by Crippen LogP contribution is -2.26. The second-order valence-corrected chi connectivity index (χ2v) is 7.06. The van der Waals surface area contributed by atoms with Crippen LogP contribution in [-0.4, -0.2) is 34.7 Å². The molecule has 1 aliphatic rings. The van der Waals surface area contributed by atoms with Crippen molar-refractivity contribution in [2.75, 3.05) is 20.3 Å². The Balaban J connectivity index is 1.90. The fourth-order valence-corrected chi connectivity index (χ4v) is 3.73. The monoisotopic (exact) mass is 290 g/mol. The lowest BCUT2D eigenvalue weighted by Gasteiger charge is -2.03. The molecule has 18 heavy (non-hydrogen) atoms. The lowest BCUT2D eigenvalue weighted by atomic mass is 10.4. The summed E-state index contributed by atoms with van der Waals surface area (Å²) in [6.07, 6.45) is 2.46. The van der Waals surface area contributed by atoms with Gasteiger partial charge in [0.25, 0.3) is 0 Å². The lowest BCUT2D eigenvalue weighted by molar-refractivity contribution is 0.204. The van der Waals surface area contributed by atoms with E-state index in [1.165, 1.54) is 24.2 Å². The topological polar surface area (TPSA) is 67.4 Å². The van der Waals surface area contributed by atoms with Crippen LogP contribution in [0.5, 0.6) is 0 Å². The molecular formula is C11H18N2O3S2. The molecule has 2 N–H and O–H groups in total. The predicted octanol–water partition coefficient (Wildman–Crippen LogP) is 0.925. The number of rotatable bonds is 8. The molecule has 1 aliphatic carbocycles. The van der Waals surface area contributed by atoms with E-state index in [1.807, 2.05) is 0 Å². The zero-order valence-electron chi connectivity index (χ0n) is 10.3. The molecule has 7 heteroatoms. The summed E-state index contributed by atoms with van der Waals surface area (Å²) in [5.41, 5.74) is 0. The van der Waals surface area contributed by atoms with Gasteiger partial charge in [0.05, 0.1) is 11.5 Å². The Bertz CT molecular complexity index is 480. The van der Waals surface area contributed by atoms with Gasteiger partial charge in [-0.3, -0.25) is 0 Å². The third-order valence-electron chi connectivity index (χ3n) is 2.68. The van der Waals surface area contributed by atoms with E-state index in [0.29, 0.717) is 24.1 Å². The molecule has 1 saturated carbocycles. The molecule has 102 valence electrons. The zero-order chi connectivity index (χ0) is 13.0. The first-order valence-electron chi connectivity index (χ1n) is 5.91. The average Bonchev–Trinajstić information content (AvgIpc) is 3.03. The van der Waals surface area contributed by atoms with Crippen LogP contribution in [-0.2, 0) is 21.3 Å². The molecule has 5 nitrogen and oxygen atoms in total. The van der Waals surface area contributed by atoms with Crippen LogP contribution in [0.25, 0.3) is 0 Å². The maximum atomic E-state index is 11.9. The molecule has 1 heterocycles. The van der Waals surface area contributed by atoms with Crippen molar-refractivity contribution in [3.8, 4) is 0 Å². The Morgan fingerprint density at radius 2 is 2.28 bits per heavy atom. The Morgan fingerprint density at radius 1 is 1.50 bits per heavy atom.